The number of hydrogen-bond acceptors (Lipinski definition) is 3. The topological polar surface area (TPSA) is 67.2 Å². The van der Waals surface area contributed by atoms with E-state index in [1.54, 1.807) is 0 Å². The number of aliphatic hydroxyl groups excluding tert-OH is 1. The molecule has 1 aliphatic rings. The van der Waals surface area contributed by atoms with Crippen LogP contribution in [-0.4, -0.2) is 32.9 Å². The van der Waals surface area contributed by atoms with Crippen molar-refractivity contribution in [3.63, 3.8) is 0 Å². The van der Waals surface area contributed by atoms with E-state index in [0.717, 1.165) is 48.3 Å². The van der Waals surface area contributed by atoms with E-state index in [4.69, 9.17) is 0 Å². The molecule has 0 aliphatic heterocycles. The molecule has 128 valence electrons. The van der Waals surface area contributed by atoms with Crippen molar-refractivity contribution in [1.29, 1.82) is 0 Å². The lowest BCUT2D eigenvalue weighted by atomic mass is 9.98. The van der Waals surface area contributed by atoms with Crippen molar-refractivity contribution in [2.45, 2.75) is 51.5 Å². The second-order valence-electron chi connectivity index (χ2n) is 6.77. The molecular weight excluding hydrogens is 302 g/mol. The van der Waals surface area contributed by atoms with Gasteiger partial charge in [-0.05, 0) is 38.8 Å². The number of aromatic nitrogens is 2. The lowest BCUT2D eigenvalue weighted by Crippen LogP contribution is -2.49. The van der Waals surface area contributed by atoms with Gasteiger partial charge in [-0.15, -0.1) is 0 Å². The highest BCUT2D eigenvalue weighted by Gasteiger charge is 2.34. The molecule has 0 spiro atoms. The van der Waals surface area contributed by atoms with Crippen LogP contribution in [0, 0.1) is 13.8 Å². The van der Waals surface area contributed by atoms with Gasteiger partial charge >= 0.3 is 0 Å². The Morgan fingerprint density at radius 1 is 1.25 bits per heavy atom. The Kier molecular flexibility index (Phi) is 4.71. The van der Waals surface area contributed by atoms with Crippen molar-refractivity contribution in [2.24, 2.45) is 0 Å². The first-order valence-electron chi connectivity index (χ1n) is 8.57. The fourth-order valence-corrected chi connectivity index (χ4v) is 3.63. The monoisotopic (exact) mass is 327 g/mol. The summed E-state index contributed by atoms with van der Waals surface area (Å²) in [5.74, 6) is -0.0373. The summed E-state index contributed by atoms with van der Waals surface area (Å²) >= 11 is 0. The Labute approximate surface area is 142 Å². The number of hydrogen-bond donors (Lipinski definition) is 2. The molecule has 0 atom stereocenters. The number of amides is 1. The van der Waals surface area contributed by atoms with Crippen LogP contribution >= 0.6 is 0 Å². The molecule has 0 radical (unpaired) electrons. The van der Waals surface area contributed by atoms with Gasteiger partial charge in [0.15, 0.2) is 0 Å². The van der Waals surface area contributed by atoms with E-state index in [2.05, 4.69) is 10.4 Å². The Morgan fingerprint density at radius 3 is 2.54 bits per heavy atom. The molecule has 1 heterocycles. The van der Waals surface area contributed by atoms with E-state index in [0.29, 0.717) is 6.42 Å². The molecule has 1 aromatic carbocycles. The van der Waals surface area contributed by atoms with Crippen LogP contribution in [0.15, 0.2) is 30.3 Å². The van der Waals surface area contributed by atoms with Gasteiger partial charge in [0.2, 0.25) is 5.91 Å². The number of nitrogens with zero attached hydrogens (tertiary/aromatic N) is 2. The summed E-state index contributed by atoms with van der Waals surface area (Å²) in [6.45, 7) is 3.94. The molecule has 1 saturated carbocycles. The number of benzene rings is 1. The van der Waals surface area contributed by atoms with Crippen molar-refractivity contribution in [3.8, 4) is 5.69 Å². The average molecular weight is 327 g/mol. The van der Waals surface area contributed by atoms with E-state index in [-0.39, 0.29) is 12.5 Å². The summed E-state index contributed by atoms with van der Waals surface area (Å²) in [4.78, 5) is 12.5. The molecule has 1 aliphatic carbocycles. The largest absolute Gasteiger partial charge is 0.394 e. The molecule has 2 aromatic rings. The first-order chi connectivity index (χ1) is 11.5. The van der Waals surface area contributed by atoms with Crippen LogP contribution in [0.5, 0.6) is 0 Å². The highest BCUT2D eigenvalue weighted by Crippen LogP contribution is 2.29. The Morgan fingerprint density at radius 2 is 1.92 bits per heavy atom. The number of aliphatic hydroxyl groups is 1. The second kappa shape index (κ2) is 6.77. The van der Waals surface area contributed by atoms with E-state index in [1.807, 2.05) is 48.9 Å². The summed E-state index contributed by atoms with van der Waals surface area (Å²) in [5.41, 5.74) is 3.39. The van der Waals surface area contributed by atoms with Crippen molar-refractivity contribution in [1.82, 2.24) is 15.1 Å². The summed E-state index contributed by atoms with van der Waals surface area (Å²) < 4.78 is 1.88. The Balaban J connectivity index is 1.78. The predicted octanol–water partition coefficient (Wildman–Crippen LogP) is 2.45. The van der Waals surface area contributed by atoms with Crippen LogP contribution in [0.2, 0.25) is 0 Å². The van der Waals surface area contributed by atoms with Crippen molar-refractivity contribution < 1.29 is 9.90 Å². The lowest BCUT2D eigenvalue weighted by Gasteiger charge is -2.28. The van der Waals surface area contributed by atoms with Gasteiger partial charge in [0, 0.05) is 11.3 Å². The Bertz CT molecular complexity index is 716. The number of carbonyl (C=O) groups excluding carboxylic acids is 1. The van der Waals surface area contributed by atoms with Gasteiger partial charge in [-0.25, -0.2) is 4.68 Å². The highest BCUT2D eigenvalue weighted by molar-refractivity contribution is 5.80. The fraction of sp³-hybridized carbons (Fsp3) is 0.474. The molecule has 0 unspecified atom stereocenters. The molecule has 2 N–H and O–H groups in total. The van der Waals surface area contributed by atoms with E-state index >= 15 is 0 Å². The van der Waals surface area contributed by atoms with E-state index < -0.39 is 5.54 Å². The first-order valence-corrected chi connectivity index (χ1v) is 8.57. The van der Waals surface area contributed by atoms with Crippen molar-refractivity contribution in [3.05, 3.63) is 47.3 Å². The number of rotatable bonds is 5. The van der Waals surface area contributed by atoms with Crippen LogP contribution in [0.25, 0.3) is 5.69 Å². The van der Waals surface area contributed by atoms with Gasteiger partial charge < -0.3 is 10.4 Å². The zero-order chi connectivity index (χ0) is 17.2. The van der Waals surface area contributed by atoms with Crippen LogP contribution in [0.3, 0.4) is 0 Å². The molecule has 3 rings (SSSR count). The van der Waals surface area contributed by atoms with Gasteiger partial charge in [0.25, 0.3) is 0 Å². The van der Waals surface area contributed by atoms with Gasteiger partial charge in [0.1, 0.15) is 0 Å². The van der Waals surface area contributed by atoms with E-state index in [1.165, 1.54) is 0 Å². The predicted molar refractivity (Wildman–Crippen MR) is 93.2 cm³/mol. The standard InChI is InChI=1S/C19H25N3O2/c1-14-17(12-18(24)20-19(13-23)10-6-7-11-19)15(2)22(21-14)16-8-4-3-5-9-16/h3-5,8-9,23H,6-7,10-13H2,1-2H3,(H,20,24). The molecule has 0 saturated heterocycles. The molecule has 1 amide bonds. The summed E-state index contributed by atoms with van der Waals surface area (Å²) in [5, 5.41) is 17.3. The maximum Gasteiger partial charge on any atom is 0.225 e. The minimum atomic E-state index is -0.422. The third-order valence-electron chi connectivity index (χ3n) is 5.05. The summed E-state index contributed by atoms with van der Waals surface area (Å²) in [6.07, 6.45) is 4.13. The number of aryl methyl sites for hydroxylation is 1. The lowest BCUT2D eigenvalue weighted by molar-refractivity contribution is -0.122. The molecule has 5 nitrogen and oxygen atoms in total. The highest BCUT2D eigenvalue weighted by atomic mass is 16.3. The molecule has 24 heavy (non-hydrogen) atoms. The van der Waals surface area contributed by atoms with Crippen LogP contribution in [0.1, 0.15) is 42.6 Å². The second-order valence-corrected chi connectivity index (χ2v) is 6.77. The maximum absolute atomic E-state index is 12.5. The van der Waals surface area contributed by atoms with Crippen molar-refractivity contribution >= 4 is 5.91 Å². The van der Waals surface area contributed by atoms with Gasteiger partial charge in [0.05, 0.1) is 29.9 Å². The van der Waals surface area contributed by atoms with Gasteiger partial charge in [-0.2, -0.15) is 5.10 Å². The first kappa shape index (κ1) is 16.7. The van der Waals surface area contributed by atoms with Crippen LogP contribution in [-0.2, 0) is 11.2 Å². The number of para-hydroxylation sites is 1. The average Bonchev–Trinajstić information content (AvgIpc) is 3.16. The van der Waals surface area contributed by atoms with Gasteiger partial charge in [-0.3, -0.25) is 4.79 Å². The fourth-order valence-electron chi connectivity index (χ4n) is 3.63. The SMILES string of the molecule is Cc1nn(-c2ccccc2)c(C)c1CC(=O)NC1(CO)CCCC1. The van der Waals surface area contributed by atoms with Crippen LogP contribution in [0.4, 0.5) is 0 Å². The minimum Gasteiger partial charge on any atom is -0.394 e. The zero-order valence-corrected chi connectivity index (χ0v) is 14.4. The zero-order valence-electron chi connectivity index (χ0n) is 14.4. The van der Waals surface area contributed by atoms with Crippen LogP contribution < -0.4 is 5.32 Å². The number of nitrogens with one attached hydrogen (secondary N) is 1. The smallest absolute Gasteiger partial charge is 0.225 e. The van der Waals surface area contributed by atoms with Gasteiger partial charge in [-0.1, -0.05) is 31.0 Å². The molecular formula is C19H25N3O2. The summed E-state index contributed by atoms with van der Waals surface area (Å²) in [6, 6.07) is 9.93. The molecule has 0 bridgehead atoms. The van der Waals surface area contributed by atoms with E-state index in [9.17, 15) is 9.90 Å². The van der Waals surface area contributed by atoms with Crippen molar-refractivity contribution in [2.75, 3.05) is 6.61 Å². The minimum absolute atomic E-state index is 0.0139. The third kappa shape index (κ3) is 3.22. The maximum atomic E-state index is 12.5. The Hall–Kier alpha value is -2.14. The third-order valence-corrected chi connectivity index (χ3v) is 5.05. The quantitative estimate of drug-likeness (QED) is 0.886. The molecule has 5 heteroatoms. The normalized spacial score (nSPS) is 16.3. The summed E-state index contributed by atoms with van der Waals surface area (Å²) in [7, 11) is 0. The molecule has 1 fully saturated rings. The molecule has 1 aromatic heterocycles. The number of carbonyl (C=O) groups is 1.